The van der Waals surface area contributed by atoms with Gasteiger partial charge >= 0.3 is 0 Å². The number of benzene rings is 1. The van der Waals surface area contributed by atoms with Crippen LogP contribution in [-0.2, 0) is 4.79 Å². The number of hydrogen-bond donors (Lipinski definition) is 3. The Labute approximate surface area is 160 Å². The van der Waals surface area contributed by atoms with Gasteiger partial charge in [0.15, 0.2) is 0 Å². The Morgan fingerprint density at radius 2 is 1.96 bits per heavy atom. The predicted molar refractivity (Wildman–Crippen MR) is 109 cm³/mol. The van der Waals surface area contributed by atoms with E-state index in [1.165, 1.54) is 18.3 Å². The average molecular weight is 378 g/mol. The first-order chi connectivity index (χ1) is 13.0. The summed E-state index contributed by atoms with van der Waals surface area (Å²) in [4.78, 5) is 25.0. The topological polar surface area (TPSA) is 117 Å². The van der Waals surface area contributed by atoms with Gasteiger partial charge in [-0.15, -0.1) is 11.3 Å². The van der Waals surface area contributed by atoms with Crippen LogP contribution in [0.1, 0.15) is 17.5 Å². The summed E-state index contributed by atoms with van der Waals surface area (Å²) < 4.78 is 0. The van der Waals surface area contributed by atoms with E-state index in [9.17, 15) is 4.79 Å². The van der Waals surface area contributed by atoms with Crippen molar-refractivity contribution in [2.75, 3.05) is 5.32 Å². The molecule has 0 atom stereocenters. The Balaban J connectivity index is 2.15. The Bertz CT molecular complexity index is 1030. The first-order valence-corrected chi connectivity index (χ1v) is 8.95. The summed E-state index contributed by atoms with van der Waals surface area (Å²) in [6, 6.07) is 13.3. The lowest BCUT2D eigenvalue weighted by Gasteiger charge is -2.05. The maximum absolute atomic E-state index is 11.4. The number of pyridine rings is 1. The third kappa shape index (κ3) is 4.24. The minimum atomic E-state index is -0.189. The van der Waals surface area contributed by atoms with Gasteiger partial charge in [0.2, 0.25) is 5.91 Å². The Kier molecular flexibility index (Phi) is 5.37. The molecule has 0 aliphatic rings. The zero-order chi connectivity index (χ0) is 19.4. The van der Waals surface area contributed by atoms with Gasteiger partial charge in [-0.3, -0.25) is 10.2 Å². The van der Waals surface area contributed by atoms with Crippen molar-refractivity contribution < 1.29 is 4.79 Å². The number of aromatic nitrogens is 2. The van der Waals surface area contributed by atoms with Gasteiger partial charge in [0.05, 0.1) is 10.6 Å². The van der Waals surface area contributed by atoms with E-state index in [2.05, 4.69) is 15.3 Å². The minimum absolute atomic E-state index is 0.189. The van der Waals surface area contributed by atoms with E-state index >= 15 is 0 Å². The highest BCUT2D eigenvalue weighted by Crippen LogP contribution is 2.34. The second kappa shape index (κ2) is 7.88. The van der Waals surface area contributed by atoms with Crippen LogP contribution in [0.3, 0.4) is 0 Å². The van der Waals surface area contributed by atoms with E-state index in [1.807, 2.05) is 43.3 Å². The monoisotopic (exact) mass is 378 g/mol. The van der Waals surface area contributed by atoms with E-state index in [4.69, 9.17) is 16.1 Å². The fourth-order valence-corrected chi connectivity index (χ4v) is 3.56. The second-order valence-corrected chi connectivity index (χ2v) is 6.77. The molecule has 3 rings (SSSR count). The van der Waals surface area contributed by atoms with Crippen molar-refractivity contribution in [3.05, 3.63) is 53.0 Å². The van der Waals surface area contributed by atoms with Crippen LogP contribution in [0, 0.1) is 12.3 Å². The first-order valence-electron chi connectivity index (χ1n) is 8.13. The lowest BCUT2D eigenvalue weighted by Crippen LogP contribution is -2.12. The predicted octanol–water partition coefficient (Wildman–Crippen LogP) is 3.45. The molecule has 4 N–H and O–H groups in total. The largest absolute Gasteiger partial charge is 0.382 e. The molecule has 8 heteroatoms. The van der Waals surface area contributed by atoms with Crippen molar-refractivity contribution in [3.8, 4) is 21.8 Å². The lowest BCUT2D eigenvalue weighted by atomic mass is 10.1. The van der Waals surface area contributed by atoms with Gasteiger partial charge in [-0.25, -0.2) is 15.0 Å². The molecule has 7 nitrogen and oxygen atoms in total. The SMILES string of the molecule is CC(=O)Nc1cc(-c2nc(-c3ccccc3)c(C(N)=NC=N)s2)cc(C)n1. The second-order valence-electron chi connectivity index (χ2n) is 5.77. The standard InChI is InChI=1S/C19H18N6OS/c1-11-8-14(9-15(23-11)24-12(2)26)19-25-16(13-6-4-3-5-7-13)17(27-19)18(21)22-10-20/h3-10H,1-2H3,(H3,20,21,22)(H,23,24,26). The summed E-state index contributed by atoms with van der Waals surface area (Å²) in [5.41, 5.74) is 9.25. The molecule has 0 fully saturated rings. The molecule has 1 amide bonds. The normalized spacial score (nSPS) is 11.3. The molecule has 0 spiro atoms. The van der Waals surface area contributed by atoms with Crippen molar-refractivity contribution >= 4 is 35.2 Å². The van der Waals surface area contributed by atoms with Crippen LogP contribution in [0.5, 0.6) is 0 Å². The number of carbonyl (C=O) groups excluding carboxylic acids is 1. The Morgan fingerprint density at radius 3 is 2.63 bits per heavy atom. The summed E-state index contributed by atoms with van der Waals surface area (Å²) in [7, 11) is 0. The zero-order valence-corrected chi connectivity index (χ0v) is 15.7. The van der Waals surface area contributed by atoms with Crippen LogP contribution in [-0.4, -0.2) is 28.0 Å². The third-order valence-electron chi connectivity index (χ3n) is 3.62. The summed E-state index contributed by atoms with van der Waals surface area (Å²) >= 11 is 1.38. The summed E-state index contributed by atoms with van der Waals surface area (Å²) in [5.74, 6) is 0.517. The van der Waals surface area contributed by atoms with E-state index in [-0.39, 0.29) is 11.7 Å². The number of hydrogen-bond acceptors (Lipinski definition) is 5. The van der Waals surface area contributed by atoms with E-state index in [0.717, 1.165) is 28.2 Å². The van der Waals surface area contributed by atoms with Crippen LogP contribution in [0.15, 0.2) is 47.5 Å². The lowest BCUT2D eigenvalue weighted by molar-refractivity contribution is -0.114. The third-order valence-corrected chi connectivity index (χ3v) is 4.74. The quantitative estimate of drug-likeness (QED) is 0.465. The van der Waals surface area contributed by atoms with E-state index < -0.39 is 0 Å². The Morgan fingerprint density at radius 1 is 1.22 bits per heavy atom. The van der Waals surface area contributed by atoms with Crippen molar-refractivity contribution in [2.24, 2.45) is 10.7 Å². The number of aliphatic imine (C=N–C) groups is 1. The fourth-order valence-electron chi connectivity index (χ4n) is 2.57. The number of rotatable bonds is 5. The minimum Gasteiger partial charge on any atom is -0.382 e. The number of nitrogens with zero attached hydrogens (tertiary/aromatic N) is 3. The smallest absolute Gasteiger partial charge is 0.222 e. The van der Waals surface area contributed by atoms with Crippen LogP contribution < -0.4 is 11.1 Å². The molecule has 0 radical (unpaired) electrons. The zero-order valence-electron chi connectivity index (χ0n) is 14.9. The highest BCUT2D eigenvalue weighted by Gasteiger charge is 2.18. The molecule has 3 aromatic rings. The molecule has 0 aliphatic carbocycles. The summed E-state index contributed by atoms with van der Waals surface area (Å²) in [6.07, 6.45) is 0.912. The van der Waals surface area contributed by atoms with Crippen molar-refractivity contribution in [3.63, 3.8) is 0 Å². The fraction of sp³-hybridized carbons (Fsp3) is 0.105. The van der Waals surface area contributed by atoms with Crippen LogP contribution in [0.4, 0.5) is 5.82 Å². The van der Waals surface area contributed by atoms with Crippen molar-refractivity contribution in [2.45, 2.75) is 13.8 Å². The molecule has 2 heterocycles. The number of anilines is 1. The molecule has 136 valence electrons. The van der Waals surface area contributed by atoms with E-state index in [1.54, 1.807) is 6.07 Å². The van der Waals surface area contributed by atoms with Gasteiger partial charge in [-0.1, -0.05) is 30.3 Å². The number of nitrogens with two attached hydrogens (primary N) is 1. The number of amidine groups is 1. The molecular weight excluding hydrogens is 360 g/mol. The molecule has 0 bridgehead atoms. The molecule has 1 aromatic carbocycles. The molecule has 0 saturated carbocycles. The number of amides is 1. The average Bonchev–Trinajstić information content (AvgIpc) is 3.07. The van der Waals surface area contributed by atoms with Gasteiger partial charge in [0.25, 0.3) is 0 Å². The number of aryl methyl sites for hydroxylation is 1. The van der Waals surface area contributed by atoms with Gasteiger partial charge in [-0.05, 0) is 19.1 Å². The number of carbonyl (C=O) groups is 1. The van der Waals surface area contributed by atoms with Crippen LogP contribution in [0.25, 0.3) is 21.8 Å². The molecule has 27 heavy (non-hydrogen) atoms. The molecule has 0 unspecified atom stereocenters. The summed E-state index contributed by atoms with van der Waals surface area (Å²) in [5, 5.41) is 10.6. The summed E-state index contributed by atoms with van der Waals surface area (Å²) in [6.45, 7) is 3.29. The molecular formula is C19H18N6OS. The number of thiazole rings is 1. The van der Waals surface area contributed by atoms with E-state index in [0.29, 0.717) is 16.4 Å². The molecule has 0 aliphatic heterocycles. The van der Waals surface area contributed by atoms with Crippen LogP contribution in [0.2, 0.25) is 0 Å². The first kappa shape index (κ1) is 18.4. The molecule has 0 saturated heterocycles. The van der Waals surface area contributed by atoms with Gasteiger partial charge in [-0.2, -0.15) is 0 Å². The van der Waals surface area contributed by atoms with Gasteiger partial charge in [0, 0.05) is 23.7 Å². The molecule has 2 aromatic heterocycles. The van der Waals surface area contributed by atoms with Gasteiger partial charge in [0.1, 0.15) is 23.0 Å². The van der Waals surface area contributed by atoms with Crippen molar-refractivity contribution in [1.29, 1.82) is 5.41 Å². The maximum Gasteiger partial charge on any atom is 0.222 e. The maximum atomic E-state index is 11.4. The van der Waals surface area contributed by atoms with Gasteiger partial charge < -0.3 is 11.1 Å². The van der Waals surface area contributed by atoms with Crippen molar-refractivity contribution in [1.82, 2.24) is 9.97 Å². The Hall–Kier alpha value is -3.39. The van der Waals surface area contributed by atoms with Crippen LogP contribution >= 0.6 is 11.3 Å². The highest BCUT2D eigenvalue weighted by molar-refractivity contribution is 7.17. The number of nitrogens with one attached hydrogen (secondary N) is 2. The highest BCUT2D eigenvalue weighted by atomic mass is 32.1.